The third-order valence-electron chi connectivity index (χ3n) is 5.65. The number of hydrogen-bond acceptors (Lipinski definition) is 0. The quantitative estimate of drug-likeness (QED) is 0.274. The predicted molar refractivity (Wildman–Crippen MR) is 138 cm³/mol. The Hall–Kier alpha value is -3.88. The maximum absolute atomic E-state index is 14.6. The molecule has 0 unspecified atom stereocenters. The van der Waals surface area contributed by atoms with Crippen LogP contribution in [0, 0.1) is 35.3 Å². The second kappa shape index (κ2) is 10.8. The summed E-state index contributed by atoms with van der Waals surface area (Å²) in [5.41, 5.74) is 4.91. The van der Waals surface area contributed by atoms with Gasteiger partial charge in [0.2, 0.25) is 0 Å². The molecule has 0 fully saturated rings. The largest absolute Gasteiger partial charge is 0.204 e. The van der Waals surface area contributed by atoms with Crippen molar-refractivity contribution < 1.29 is 8.78 Å². The van der Waals surface area contributed by atoms with E-state index in [-0.39, 0.29) is 0 Å². The Morgan fingerprint density at radius 2 is 0.971 bits per heavy atom. The second-order valence-corrected chi connectivity index (χ2v) is 8.15. The first-order chi connectivity index (χ1) is 16.7. The molecule has 4 rings (SSSR count). The van der Waals surface area contributed by atoms with Gasteiger partial charge in [0.1, 0.15) is 0 Å². The van der Waals surface area contributed by atoms with E-state index in [1.165, 1.54) is 12.1 Å². The molecule has 34 heavy (non-hydrogen) atoms. The third kappa shape index (κ3) is 4.73. The van der Waals surface area contributed by atoms with Crippen molar-refractivity contribution in [3.05, 3.63) is 95.6 Å². The van der Waals surface area contributed by atoms with Crippen molar-refractivity contribution in [3.8, 4) is 45.9 Å². The molecule has 0 spiro atoms. The summed E-state index contributed by atoms with van der Waals surface area (Å²) >= 11 is 0. The van der Waals surface area contributed by atoms with Crippen LogP contribution < -0.4 is 0 Å². The molecule has 0 radical (unpaired) electrons. The molecule has 0 aromatic heterocycles. The molecular weight excluding hydrogens is 422 g/mol. The summed E-state index contributed by atoms with van der Waals surface area (Å²) < 4.78 is 29.3. The Balaban J connectivity index is 2.26. The van der Waals surface area contributed by atoms with Gasteiger partial charge in [-0.2, -0.15) is 0 Å². The highest BCUT2D eigenvalue weighted by molar-refractivity contribution is 6.10. The topological polar surface area (TPSA) is 0 Å². The summed E-state index contributed by atoms with van der Waals surface area (Å²) in [6.45, 7) is 4.17. The monoisotopic (exact) mass is 448 g/mol. The summed E-state index contributed by atoms with van der Waals surface area (Å²) in [5, 5.41) is 1.26. The van der Waals surface area contributed by atoms with Crippen molar-refractivity contribution in [1.82, 2.24) is 0 Å². The maximum Gasteiger partial charge on any atom is 0.159 e. The predicted octanol–water partition coefficient (Wildman–Crippen LogP) is 8.76. The molecule has 0 saturated heterocycles. The molecule has 0 bridgehead atoms. The molecular formula is C32H26F2. The SMILES string of the molecule is CCCC#Cc1c(C#CCCC)c(-c2ccccc2)c2cc(F)c(F)cc2c1-c1ccccc1. The summed E-state index contributed by atoms with van der Waals surface area (Å²) in [4.78, 5) is 0. The molecule has 0 N–H and O–H groups in total. The average molecular weight is 449 g/mol. The Morgan fingerprint density at radius 3 is 1.32 bits per heavy atom. The fraction of sp³-hybridized carbons (Fsp3) is 0.188. The number of benzene rings is 4. The molecule has 168 valence electrons. The minimum absolute atomic E-state index is 0.630. The lowest BCUT2D eigenvalue weighted by atomic mass is 9.83. The van der Waals surface area contributed by atoms with Crippen molar-refractivity contribution in [2.45, 2.75) is 39.5 Å². The van der Waals surface area contributed by atoms with Gasteiger partial charge in [0, 0.05) is 35.1 Å². The lowest BCUT2D eigenvalue weighted by Gasteiger charge is -2.18. The van der Waals surface area contributed by atoms with Crippen molar-refractivity contribution >= 4 is 10.8 Å². The molecule has 0 amide bonds. The van der Waals surface area contributed by atoms with Crippen molar-refractivity contribution in [1.29, 1.82) is 0 Å². The molecule has 4 aromatic rings. The number of rotatable bonds is 4. The number of halogens is 2. The summed E-state index contributed by atoms with van der Waals surface area (Å²) in [5.74, 6) is 11.6. The highest BCUT2D eigenvalue weighted by Crippen LogP contribution is 2.42. The van der Waals surface area contributed by atoms with Crippen molar-refractivity contribution in [2.24, 2.45) is 0 Å². The Labute approximate surface area is 200 Å². The smallest absolute Gasteiger partial charge is 0.159 e. The van der Waals surface area contributed by atoms with Gasteiger partial charge in [0.15, 0.2) is 11.6 Å². The molecule has 0 atom stereocenters. The third-order valence-corrected chi connectivity index (χ3v) is 5.65. The van der Waals surface area contributed by atoms with E-state index in [1.54, 1.807) is 0 Å². The standard InChI is InChI=1S/C32H26F2/c1-3-5-9-19-25-26(20-10-6-4-2)32(24-17-13-8-14-18-24)28-22-30(34)29(33)21-27(28)31(25)23-15-11-7-12-16-23/h7-8,11-18,21-22H,3-6H2,1-2H3. The van der Waals surface area contributed by atoms with Gasteiger partial charge in [-0.05, 0) is 46.9 Å². The van der Waals surface area contributed by atoms with E-state index in [0.717, 1.165) is 59.1 Å². The van der Waals surface area contributed by atoms with E-state index >= 15 is 0 Å². The van der Waals surface area contributed by atoms with Gasteiger partial charge in [-0.1, -0.05) is 98.2 Å². The van der Waals surface area contributed by atoms with Crippen LogP contribution in [0.1, 0.15) is 50.7 Å². The normalized spacial score (nSPS) is 10.4. The summed E-state index contributed by atoms with van der Waals surface area (Å²) in [7, 11) is 0. The average Bonchev–Trinajstić information content (AvgIpc) is 2.86. The Morgan fingerprint density at radius 1 is 0.588 bits per heavy atom. The first kappa shape index (κ1) is 23.3. The molecule has 0 nitrogen and oxygen atoms in total. The van der Waals surface area contributed by atoms with E-state index in [0.29, 0.717) is 10.8 Å². The van der Waals surface area contributed by atoms with Gasteiger partial charge >= 0.3 is 0 Å². The summed E-state index contributed by atoms with van der Waals surface area (Å²) in [6, 6.07) is 22.2. The van der Waals surface area contributed by atoms with E-state index in [4.69, 9.17) is 0 Å². The Kier molecular flexibility index (Phi) is 7.41. The first-order valence-electron chi connectivity index (χ1n) is 11.7. The van der Waals surface area contributed by atoms with E-state index in [1.807, 2.05) is 60.7 Å². The number of unbranched alkanes of at least 4 members (excludes halogenated alkanes) is 2. The van der Waals surface area contributed by atoms with E-state index in [9.17, 15) is 8.78 Å². The van der Waals surface area contributed by atoms with E-state index in [2.05, 4.69) is 37.5 Å². The van der Waals surface area contributed by atoms with Gasteiger partial charge in [0.05, 0.1) is 0 Å². The van der Waals surface area contributed by atoms with Crippen LogP contribution in [-0.2, 0) is 0 Å². The van der Waals surface area contributed by atoms with Crippen LogP contribution >= 0.6 is 0 Å². The number of hydrogen-bond donors (Lipinski definition) is 0. The van der Waals surface area contributed by atoms with Gasteiger partial charge in [-0.25, -0.2) is 8.78 Å². The molecule has 2 heteroatoms. The summed E-state index contributed by atoms with van der Waals surface area (Å²) in [6.07, 6.45) is 3.35. The fourth-order valence-electron chi connectivity index (χ4n) is 4.09. The van der Waals surface area contributed by atoms with Gasteiger partial charge in [-0.15, -0.1) is 0 Å². The van der Waals surface area contributed by atoms with Crippen LogP contribution in [0.15, 0.2) is 72.8 Å². The van der Waals surface area contributed by atoms with Gasteiger partial charge in [-0.3, -0.25) is 0 Å². The van der Waals surface area contributed by atoms with E-state index < -0.39 is 11.6 Å². The molecule has 0 saturated carbocycles. The van der Waals surface area contributed by atoms with Crippen molar-refractivity contribution in [2.75, 3.05) is 0 Å². The van der Waals surface area contributed by atoms with Crippen LogP contribution in [0.2, 0.25) is 0 Å². The zero-order valence-electron chi connectivity index (χ0n) is 19.5. The molecule has 0 aliphatic heterocycles. The maximum atomic E-state index is 14.6. The highest BCUT2D eigenvalue weighted by atomic mass is 19.2. The fourth-order valence-corrected chi connectivity index (χ4v) is 4.09. The van der Waals surface area contributed by atoms with Gasteiger partial charge < -0.3 is 0 Å². The second-order valence-electron chi connectivity index (χ2n) is 8.15. The van der Waals surface area contributed by atoms with Crippen LogP contribution in [0.3, 0.4) is 0 Å². The lowest BCUT2D eigenvalue weighted by molar-refractivity contribution is 0.511. The zero-order valence-corrected chi connectivity index (χ0v) is 19.5. The van der Waals surface area contributed by atoms with Crippen LogP contribution in [-0.4, -0.2) is 0 Å². The number of fused-ring (bicyclic) bond motifs is 1. The lowest BCUT2D eigenvalue weighted by Crippen LogP contribution is -1.99. The molecule has 0 aliphatic rings. The first-order valence-corrected chi connectivity index (χ1v) is 11.7. The van der Waals surface area contributed by atoms with Crippen molar-refractivity contribution in [3.63, 3.8) is 0 Å². The molecule has 0 heterocycles. The Bertz CT molecular complexity index is 1320. The minimum Gasteiger partial charge on any atom is -0.204 e. The van der Waals surface area contributed by atoms with Crippen LogP contribution in [0.4, 0.5) is 8.78 Å². The van der Waals surface area contributed by atoms with Crippen LogP contribution in [0.25, 0.3) is 33.0 Å². The minimum atomic E-state index is -0.874. The molecule has 4 aromatic carbocycles. The molecule has 0 aliphatic carbocycles. The zero-order chi connectivity index (χ0) is 23.9. The van der Waals surface area contributed by atoms with Gasteiger partial charge in [0.25, 0.3) is 0 Å². The highest BCUT2D eigenvalue weighted by Gasteiger charge is 2.22. The van der Waals surface area contributed by atoms with Crippen LogP contribution in [0.5, 0.6) is 0 Å².